The van der Waals surface area contributed by atoms with Gasteiger partial charge in [0.2, 0.25) is 0 Å². The Morgan fingerprint density at radius 2 is 1.89 bits per heavy atom. The van der Waals surface area contributed by atoms with E-state index in [1.165, 1.54) is 0 Å². The number of nitrogens with zero attached hydrogens (tertiary/aromatic N) is 2. The fourth-order valence-corrected chi connectivity index (χ4v) is 2.60. The average molecular weight is 271 g/mol. The molecule has 1 aromatic rings. The molecule has 0 aliphatic carbocycles. The molecule has 0 atom stereocenters. The van der Waals surface area contributed by atoms with E-state index in [1.54, 1.807) is 11.7 Å². The van der Waals surface area contributed by atoms with E-state index in [1.807, 2.05) is 6.92 Å². The van der Waals surface area contributed by atoms with Gasteiger partial charge in [0.15, 0.2) is 0 Å². The van der Waals surface area contributed by atoms with E-state index >= 15 is 0 Å². The maximum atomic E-state index is 12.3. The third-order valence-electron chi connectivity index (χ3n) is 3.35. The zero-order valence-electron chi connectivity index (χ0n) is 11.8. The molecule has 1 heterocycles. The van der Waals surface area contributed by atoms with Crippen LogP contribution < -0.4 is 0 Å². The molecule has 1 rings (SSSR count). The van der Waals surface area contributed by atoms with Gasteiger partial charge in [-0.25, -0.2) is 0 Å². The minimum absolute atomic E-state index is 0.177. The van der Waals surface area contributed by atoms with Crippen molar-refractivity contribution in [1.82, 2.24) is 9.78 Å². The molecule has 0 fully saturated rings. The normalized spacial score (nSPS) is 11.2. The zero-order valence-corrected chi connectivity index (χ0v) is 12.5. The zero-order chi connectivity index (χ0) is 13.7. The third-order valence-corrected chi connectivity index (χ3v) is 3.82. The highest BCUT2D eigenvalue weighted by Crippen LogP contribution is 2.23. The van der Waals surface area contributed by atoms with Crippen molar-refractivity contribution in [3.63, 3.8) is 0 Å². The van der Waals surface area contributed by atoms with Gasteiger partial charge in [0.25, 0.3) is 0 Å². The molecule has 3 nitrogen and oxygen atoms in total. The summed E-state index contributed by atoms with van der Waals surface area (Å²) in [7, 11) is 1.80. The molecule has 0 spiro atoms. The van der Waals surface area contributed by atoms with E-state index in [4.69, 9.17) is 11.6 Å². The summed E-state index contributed by atoms with van der Waals surface area (Å²) >= 11 is 6.17. The molecule has 0 amide bonds. The van der Waals surface area contributed by atoms with E-state index in [0.717, 1.165) is 36.9 Å². The maximum Gasteiger partial charge on any atom is 0.140 e. The second-order valence-corrected chi connectivity index (χ2v) is 5.25. The first-order valence-electron chi connectivity index (χ1n) is 6.71. The van der Waals surface area contributed by atoms with Gasteiger partial charge in [0.1, 0.15) is 10.9 Å². The first-order chi connectivity index (χ1) is 8.51. The minimum Gasteiger partial charge on any atom is -0.299 e. The Morgan fingerprint density at radius 3 is 2.28 bits per heavy atom. The van der Waals surface area contributed by atoms with Crippen LogP contribution in [0.25, 0.3) is 0 Å². The van der Waals surface area contributed by atoms with Gasteiger partial charge in [-0.1, -0.05) is 38.3 Å². The summed E-state index contributed by atoms with van der Waals surface area (Å²) in [4.78, 5) is 12.3. The molecule has 0 saturated carbocycles. The van der Waals surface area contributed by atoms with Gasteiger partial charge in [-0.05, 0) is 19.8 Å². The summed E-state index contributed by atoms with van der Waals surface area (Å²) in [6, 6.07) is 0. The lowest BCUT2D eigenvalue weighted by Gasteiger charge is -2.13. The molecular formula is C14H23ClN2O. The lowest BCUT2D eigenvalue weighted by molar-refractivity contribution is -0.122. The average Bonchev–Trinajstić information content (AvgIpc) is 2.55. The molecule has 0 N–H and O–H groups in total. The van der Waals surface area contributed by atoms with E-state index in [9.17, 15) is 4.79 Å². The van der Waals surface area contributed by atoms with Gasteiger partial charge in [-0.2, -0.15) is 5.10 Å². The predicted octanol–water partition coefficient (Wildman–Crippen LogP) is 3.71. The fourth-order valence-electron chi connectivity index (χ4n) is 2.36. The van der Waals surface area contributed by atoms with Gasteiger partial charge in [0.05, 0.1) is 5.69 Å². The quantitative estimate of drug-likeness (QED) is 0.757. The van der Waals surface area contributed by atoms with E-state index in [0.29, 0.717) is 17.4 Å². The van der Waals surface area contributed by atoms with Gasteiger partial charge in [0, 0.05) is 24.9 Å². The number of carbonyl (C=O) groups excluding carboxylic acids is 1. The van der Waals surface area contributed by atoms with Crippen LogP contribution in [0.4, 0.5) is 0 Å². The molecule has 0 unspecified atom stereocenters. The smallest absolute Gasteiger partial charge is 0.140 e. The lowest BCUT2D eigenvalue weighted by atomic mass is 9.90. The Labute approximate surface area is 115 Å². The SMILES string of the molecule is CCCC(CCC)C(=O)Cc1c(C)nn(C)c1Cl. The third kappa shape index (κ3) is 3.58. The van der Waals surface area contributed by atoms with Crippen LogP contribution >= 0.6 is 11.6 Å². The number of hydrogen-bond donors (Lipinski definition) is 0. The lowest BCUT2D eigenvalue weighted by Crippen LogP contribution is -2.17. The van der Waals surface area contributed by atoms with Crippen molar-refractivity contribution in [2.45, 2.75) is 52.9 Å². The molecule has 18 heavy (non-hydrogen) atoms. The number of hydrogen-bond acceptors (Lipinski definition) is 2. The largest absolute Gasteiger partial charge is 0.299 e. The van der Waals surface area contributed by atoms with Crippen molar-refractivity contribution in [3.05, 3.63) is 16.4 Å². The fraction of sp³-hybridized carbons (Fsp3) is 0.714. The van der Waals surface area contributed by atoms with Crippen molar-refractivity contribution in [2.24, 2.45) is 13.0 Å². The summed E-state index contributed by atoms with van der Waals surface area (Å²) < 4.78 is 1.63. The molecule has 0 aromatic carbocycles. The van der Waals surface area contributed by atoms with Crippen LogP contribution in [0.5, 0.6) is 0 Å². The van der Waals surface area contributed by atoms with Crippen LogP contribution in [0.3, 0.4) is 0 Å². The molecule has 4 heteroatoms. The van der Waals surface area contributed by atoms with E-state index < -0.39 is 0 Å². The highest BCUT2D eigenvalue weighted by atomic mass is 35.5. The summed E-state index contributed by atoms with van der Waals surface area (Å²) in [6.45, 7) is 6.15. The maximum absolute atomic E-state index is 12.3. The van der Waals surface area contributed by atoms with Gasteiger partial charge < -0.3 is 0 Å². The van der Waals surface area contributed by atoms with Gasteiger partial charge >= 0.3 is 0 Å². The summed E-state index contributed by atoms with van der Waals surface area (Å²) in [6.07, 6.45) is 4.47. The number of carbonyl (C=O) groups is 1. The molecule has 0 bridgehead atoms. The van der Waals surface area contributed by atoms with Crippen molar-refractivity contribution in [3.8, 4) is 0 Å². The molecule has 0 aliphatic heterocycles. The Hall–Kier alpha value is -0.830. The van der Waals surface area contributed by atoms with Crippen molar-refractivity contribution in [1.29, 1.82) is 0 Å². The van der Waals surface area contributed by atoms with Crippen LogP contribution in [-0.2, 0) is 18.3 Å². The molecule has 0 radical (unpaired) electrons. The molecule has 0 saturated heterocycles. The predicted molar refractivity (Wildman–Crippen MR) is 75.0 cm³/mol. The Morgan fingerprint density at radius 1 is 1.33 bits per heavy atom. The molecule has 0 aliphatic rings. The number of aromatic nitrogens is 2. The summed E-state index contributed by atoms with van der Waals surface area (Å²) in [5.41, 5.74) is 1.75. The van der Waals surface area contributed by atoms with Crippen LogP contribution in [0.1, 0.15) is 50.8 Å². The van der Waals surface area contributed by atoms with Gasteiger partial charge in [-0.15, -0.1) is 0 Å². The highest BCUT2D eigenvalue weighted by molar-refractivity contribution is 6.30. The monoisotopic (exact) mass is 270 g/mol. The first kappa shape index (κ1) is 15.2. The topological polar surface area (TPSA) is 34.9 Å². The van der Waals surface area contributed by atoms with Crippen LogP contribution in [0.15, 0.2) is 0 Å². The Kier molecular flexibility index (Phi) is 5.86. The number of ketones is 1. The highest BCUT2D eigenvalue weighted by Gasteiger charge is 2.21. The second-order valence-electron chi connectivity index (χ2n) is 4.90. The molecule has 1 aromatic heterocycles. The molecule has 102 valence electrons. The second kappa shape index (κ2) is 6.93. The van der Waals surface area contributed by atoms with Crippen LogP contribution in [0.2, 0.25) is 5.15 Å². The van der Waals surface area contributed by atoms with Crippen LogP contribution in [-0.4, -0.2) is 15.6 Å². The number of aryl methyl sites for hydroxylation is 2. The molecular weight excluding hydrogens is 248 g/mol. The number of Topliss-reactive ketones (excluding diaryl/α,β-unsaturated/α-hetero) is 1. The van der Waals surface area contributed by atoms with Crippen molar-refractivity contribution < 1.29 is 4.79 Å². The Bertz CT molecular complexity index is 406. The van der Waals surface area contributed by atoms with Gasteiger partial charge in [-0.3, -0.25) is 9.48 Å². The standard InChI is InChI=1S/C14H23ClN2O/c1-5-7-11(8-6-2)13(18)9-12-10(3)16-17(4)14(12)15/h11H,5-9H2,1-4H3. The first-order valence-corrected chi connectivity index (χ1v) is 7.09. The van der Waals surface area contributed by atoms with E-state index in [2.05, 4.69) is 18.9 Å². The number of rotatable bonds is 7. The van der Waals surface area contributed by atoms with Crippen molar-refractivity contribution >= 4 is 17.4 Å². The summed E-state index contributed by atoms with van der Waals surface area (Å²) in [5, 5.41) is 4.84. The van der Waals surface area contributed by atoms with Crippen LogP contribution in [0, 0.1) is 12.8 Å². The van der Waals surface area contributed by atoms with E-state index in [-0.39, 0.29) is 5.92 Å². The number of halogens is 1. The van der Waals surface area contributed by atoms with Crippen molar-refractivity contribution in [2.75, 3.05) is 0 Å². The Balaban J connectivity index is 2.78. The summed E-state index contributed by atoms with van der Waals surface area (Å²) in [5.74, 6) is 0.479. The minimum atomic E-state index is 0.177.